The van der Waals surface area contributed by atoms with Crippen LogP contribution in [-0.4, -0.2) is 42.6 Å². The van der Waals surface area contributed by atoms with E-state index in [1.165, 1.54) is 43.4 Å². The summed E-state index contributed by atoms with van der Waals surface area (Å²) in [5.74, 6) is -0.804. The number of hydrogen-bond donors (Lipinski definition) is 1. The normalized spacial score (nSPS) is 10.3. The van der Waals surface area contributed by atoms with Crippen molar-refractivity contribution < 1.29 is 28.6 Å². The van der Waals surface area contributed by atoms with Crippen molar-refractivity contribution in [1.29, 1.82) is 0 Å². The zero-order valence-electron chi connectivity index (χ0n) is 14.6. The number of ether oxygens (including phenoxy) is 2. The van der Waals surface area contributed by atoms with Gasteiger partial charge in [0.2, 0.25) is 5.91 Å². The van der Waals surface area contributed by atoms with E-state index in [4.69, 9.17) is 14.6 Å². The van der Waals surface area contributed by atoms with Gasteiger partial charge in [0.05, 0.1) is 20.6 Å². The Morgan fingerprint density at radius 1 is 1.00 bits per heavy atom. The number of carboxylic acid groups (broad SMARTS) is 1. The van der Waals surface area contributed by atoms with E-state index in [9.17, 15) is 14.0 Å². The molecule has 0 spiro atoms. The Hall–Kier alpha value is -3.09. The lowest BCUT2D eigenvalue weighted by molar-refractivity contribution is -0.144. The van der Waals surface area contributed by atoms with Gasteiger partial charge in [-0.1, -0.05) is 12.1 Å². The molecular weight excluding hydrogens is 341 g/mol. The van der Waals surface area contributed by atoms with E-state index >= 15 is 0 Å². The molecule has 0 bridgehead atoms. The standard InChI is InChI=1S/C19H20FNO5/c1-25-16-7-14(8-17(10-16)26-2)11-21(12-19(23)24)18(22)9-13-3-5-15(20)6-4-13/h3-8,10H,9,11-12H2,1-2H3,(H,23,24). The van der Waals surface area contributed by atoms with E-state index in [0.29, 0.717) is 22.6 Å². The molecule has 0 radical (unpaired) electrons. The van der Waals surface area contributed by atoms with Crippen molar-refractivity contribution in [3.63, 3.8) is 0 Å². The fraction of sp³-hybridized carbons (Fsp3) is 0.263. The average Bonchev–Trinajstić information content (AvgIpc) is 2.62. The third kappa shape index (κ3) is 5.47. The maximum absolute atomic E-state index is 13.0. The highest BCUT2D eigenvalue weighted by Gasteiger charge is 2.18. The van der Waals surface area contributed by atoms with Crippen molar-refractivity contribution >= 4 is 11.9 Å². The molecule has 6 nitrogen and oxygen atoms in total. The summed E-state index contributed by atoms with van der Waals surface area (Å²) in [5.41, 5.74) is 1.28. The molecule has 1 N–H and O–H groups in total. The predicted molar refractivity (Wildman–Crippen MR) is 92.7 cm³/mol. The Labute approximate surface area is 150 Å². The minimum Gasteiger partial charge on any atom is -0.497 e. The molecular formula is C19H20FNO5. The average molecular weight is 361 g/mol. The number of carbonyl (C=O) groups excluding carboxylic acids is 1. The molecule has 138 valence electrons. The Morgan fingerprint density at radius 2 is 1.58 bits per heavy atom. The molecule has 0 heterocycles. The highest BCUT2D eigenvalue weighted by molar-refractivity contribution is 5.83. The number of methoxy groups -OCH3 is 2. The summed E-state index contributed by atoms with van der Waals surface area (Å²) in [6, 6.07) is 10.6. The summed E-state index contributed by atoms with van der Waals surface area (Å²) in [5, 5.41) is 9.12. The number of benzene rings is 2. The summed E-state index contributed by atoms with van der Waals surface area (Å²) in [7, 11) is 3.01. The second-order valence-electron chi connectivity index (χ2n) is 5.67. The van der Waals surface area contributed by atoms with Crippen LogP contribution in [0.15, 0.2) is 42.5 Å². The zero-order valence-corrected chi connectivity index (χ0v) is 14.6. The number of amides is 1. The molecule has 0 aromatic heterocycles. The maximum atomic E-state index is 13.0. The molecule has 0 fully saturated rings. The van der Waals surface area contributed by atoms with E-state index in [2.05, 4.69) is 0 Å². The number of carbonyl (C=O) groups is 2. The van der Waals surface area contributed by atoms with Crippen LogP contribution in [-0.2, 0) is 22.6 Å². The first-order chi connectivity index (χ1) is 12.4. The van der Waals surface area contributed by atoms with Gasteiger partial charge < -0.3 is 19.5 Å². The second kappa shape index (κ2) is 8.84. The van der Waals surface area contributed by atoms with E-state index < -0.39 is 18.3 Å². The first-order valence-electron chi connectivity index (χ1n) is 7.87. The second-order valence-corrected chi connectivity index (χ2v) is 5.67. The quantitative estimate of drug-likeness (QED) is 0.782. The fourth-order valence-corrected chi connectivity index (χ4v) is 2.46. The molecule has 2 rings (SSSR count). The lowest BCUT2D eigenvalue weighted by Gasteiger charge is -2.21. The van der Waals surface area contributed by atoms with Gasteiger partial charge in [-0.05, 0) is 35.4 Å². The summed E-state index contributed by atoms with van der Waals surface area (Å²) in [6.07, 6.45) is -0.0192. The zero-order chi connectivity index (χ0) is 19.1. The Balaban J connectivity index is 2.19. The van der Waals surface area contributed by atoms with Gasteiger partial charge in [0.25, 0.3) is 0 Å². The molecule has 2 aromatic rings. The van der Waals surface area contributed by atoms with E-state index in [0.717, 1.165) is 0 Å². The van der Waals surface area contributed by atoms with Crippen molar-refractivity contribution in [3.05, 3.63) is 59.4 Å². The van der Waals surface area contributed by atoms with Crippen molar-refractivity contribution in [2.75, 3.05) is 20.8 Å². The number of carboxylic acids is 1. The van der Waals surface area contributed by atoms with E-state index in [1.807, 2.05) is 0 Å². The Kier molecular flexibility index (Phi) is 6.54. The highest BCUT2D eigenvalue weighted by atomic mass is 19.1. The number of hydrogen-bond acceptors (Lipinski definition) is 4. The molecule has 1 amide bonds. The molecule has 0 saturated heterocycles. The smallest absolute Gasteiger partial charge is 0.323 e. The lowest BCUT2D eigenvalue weighted by atomic mass is 10.1. The first-order valence-corrected chi connectivity index (χ1v) is 7.87. The first kappa shape index (κ1) is 19.2. The summed E-state index contributed by atoms with van der Waals surface area (Å²) in [4.78, 5) is 24.9. The minimum atomic E-state index is -1.12. The van der Waals surface area contributed by atoms with E-state index in [-0.39, 0.29) is 18.9 Å². The van der Waals surface area contributed by atoms with Gasteiger partial charge in [-0.15, -0.1) is 0 Å². The van der Waals surface area contributed by atoms with Crippen LogP contribution in [0.5, 0.6) is 11.5 Å². The van der Waals surface area contributed by atoms with Crippen LogP contribution >= 0.6 is 0 Å². The third-order valence-corrected chi connectivity index (χ3v) is 3.73. The summed E-state index contributed by atoms with van der Waals surface area (Å²) < 4.78 is 23.4. The number of aliphatic carboxylic acids is 1. The molecule has 26 heavy (non-hydrogen) atoms. The van der Waals surface area contributed by atoms with Crippen molar-refractivity contribution in [2.45, 2.75) is 13.0 Å². The fourth-order valence-electron chi connectivity index (χ4n) is 2.46. The van der Waals surface area contributed by atoms with Crippen LogP contribution in [0.3, 0.4) is 0 Å². The SMILES string of the molecule is COc1cc(CN(CC(=O)O)C(=O)Cc2ccc(F)cc2)cc(OC)c1. The summed E-state index contributed by atoms with van der Waals surface area (Å²) >= 11 is 0. The Morgan fingerprint density at radius 3 is 2.08 bits per heavy atom. The molecule has 0 saturated carbocycles. The lowest BCUT2D eigenvalue weighted by Crippen LogP contribution is -2.36. The van der Waals surface area contributed by atoms with Gasteiger partial charge in [-0.25, -0.2) is 4.39 Å². The molecule has 0 aliphatic carbocycles. The van der Waals surface area contributed by atoms with Crippen molar-refractivity contribution in [1.82, 2.24) is 4.90 Å². The van der Waals surface area contributed by atoms with E-state index in [1.54, 1.807) is 18.2 Å². The van der Waals surface area contributed by atoms with Gasteiger partial charge in [0.15, 0.2) is 0 Å². The predicted octanol–water partition coefficient (Wildman–Crippen LogP) is 2.50. The molecule has 0 aliphatic rings. The van der Waals surface area contributed by atoms with Gasteiger partial charge in [-0.2, -0.15) is 0 Å². The maximum Gasteiger partial charge on any atom is 0.323 e. The topological polar surface area (TPSA) is 76.1 Å². The molecule has 0 unspecified atom stereocenters. The molecule has 7 heteroatoms. The molecule has 2 aromatic carbocycles. The monoisotopic (exact) mass is 361 g/mol. The van der Waals surface area contributed by atoms with Crippen LogP contribution in [0, 0.1) is 5.82 Å². The van der Waals surface area contributed by atoms with Gasteiger partial charge in [0.1, 0.15) is 23.9 Å². The van der Waals surface area contributed by atoms with Crippen molar-refractivity contribution in [2.24, 2.45) is 0 Å². The van der Waals surface area contributed by atoms with Crippen molar-refractivity contribution in [3.8, 4) is 11.5 Å². The summed E-state index contributed by atoms with van der Waals surface area (Å²) in [6.45, 7) is -0.362. The van der Waals surface area contributed by atoms with Crippen LogP contribution in [0.25, 0.3) is 0 Å². The molecule has 0 aliphatic heterocycles. The van der Waals surface area contributed by atoms with Crippen LogP contribution in [0.2, 0.25) is 0 Å². The largest absolute Gasteiger partial charge is 0.497 e. The number of rotatable bonds is 8. The van der Waals surface area contributed by atoms with Gasteiger partial charge in [0, 0.05) is 12.6 Å². The van der Waals surface area contributed by atoms with Crippen LogP contribution < -0.4 is 9.47 Å². The minimum absolute atomic E-state index is 0.0192. The van der Waals surface area contributed by atoms with Crippen LogP contribution in [0.4, 0.5) is 4.39 Å². The number of halogens is 1. The number of nitrogens with zero attached hydrogens (tertiary/aromatic N) is 1. The Bertz CT molecular complexity index is 754. The van der Waals surface area contributed by atoms with Gasteiger partial charge >= 0.3 is 5.97 Å². The third-order valence-electron chi connectivity index (χ3n) is 3.73. The highest BCUT2D eigenvalue weighted by Crippen LogP contribution is 2.23. The molecule has 0 atom stereocenters. The van der Waals surface area contributed by atoms with Gasteiger partial charge in [-0.3, -0.25) is 9.59 Å². The van der Waals surface area contributed by atoms with Crippen LogP contribution in [0.1, 0.15) is 11.1 Å².